The molecule has 0 N–H and O–H groups in total. The van der Waals surface area contributed by atoms with E-state index in [4.69, 9.17) is 4.74 Å². The highest BCUT2D eigenvalue weighted by atomic mass is 16.6. The average molecular weight is 216 g/mol. The molecule has 1 heterocycles. The lowest BCUT2D eigenvalue weighted by atomic mass is 9.92. The molecule has 0 aromatic heterocycles. The zero-order valence-electron chi connectivity index (χ0n) is 9.57. The highest BCUT2D eigenvalue weighted by molar-refractivity contribution is 4.84. The van der Waals surface area contributed by atoms with Crippen LogP contribution in [0.4, 0.5) is 0 Å². The van der Waals surface area contributed by atoms with Crippen molar-refractivity contribution >= 4 is 0 Å². The molecule has 1 unspecified atom stereocenters. The molecule has 0 aromatic carbocycles. The van der Waals surface area contributed by atoms with Crippen LogP contribution in [0.1, 0.15) is 32.6 Å². The summed E-state index contributed by atoms with van der Waals surface area (Å²) in [5.74, 6) is 0. The first-order chi connectivity index (χ1) is 7.10. The molecule has 0 amide bonds. The van der Waals surface area contributed by atoms with E-state index in [0.29, 0.717) is 19.7 Å². The van der Waals surface area contributed by atoms with Gasteiger partial charge in [-0.3, -0.25) is 15.0 Å². The minimum Gasteiger partial charge on any atom is -0.359 e. The Bertz CT molecular complexity index is 223. The van der Waals surface area contributed by atoms with Gasteiger partial charge in [0.1, 0.15) is 6.61 Å². The van der Waals surface area contributed by atoms with Gasteiger partial charge >= 0.3 is 0 Å². The summed E-state index contributed by atoms with van der Waals surface area (Å²) in [6.45, 7) is 3.36. The molecule has 15 heavy (non-hydrogen) atoms. The number of nitrogens with zero attached hydrogens (tertiary/aromatic N) is 2. The van der Waals surface area contributed by atoms with Crippen molar-refractivity contribution in [3.63, 3.8) is 0 Å². The molecular formula is C10H20N2O3. The lowest BCUT2D eigenvalue weighted by Crippen LogP contribution is -2.55. The first-order valence-corrected chi connectivity index (χ1v) is 5.51. The molecule has 1 rings (SSSR count). The Morgan fingerprint density at radius 2 is 2.27 bits per heavy atom. The third-order valence-electron chi connectivity index (χ3n) is 2.88. The Hall–Kier alpha value is -0.680. The molecule has 5 heteroatoms. The van der Waals surface area contributed by atoms with E-state index in [1.165, 1.54) is 0 Å². The van der Waals surface area contributed by atoms with Crippen molar-refractivity contribution in [2.45, 2.75) is 38.1 Å². The molecule has 0 bridgehead atoms. The molecule has 5 nitrogen and oxygen atoms in total. The molecule has 1 saturated heterocycles. The lowest BCUT2D eigenvalue weighted by Gasteiger charge is -2.34. The fraction of sp³-hybridized carbons (Fsp3) is 1.00. The molecule has 0 radical (unpaired) electrons. The summed E-state index contributed by atoms with van der Waals surface area (Å²) in [6, 6.07) is 0. The van der Waals surface area contributed by atoms with E-state index in [9.17, 15) is 10.1 Å². The van der Waals surface area contributed by atoms with E-state index in [1.807, 2.05) is 11.9 Å². The van der Waals surface area contributed by atoms with Crippen LogP contribution in [0.2, 0.25) is 0 Å². The fourth-order valence-electron chi connectivity index (χ4n) is 2.04. The highest BCUT2D eigenvalue weighted by Gasteiger charge is 2.46. The molecule has 88 valence electrons. The number of unbranched alkanes of at least 4 members (excludes halogenated alkanes) is 2. The third-order valence-corrected chi connectivity index (χ3v) is 2.88. The van der Waals surface area contributed by atoms with Gasteiger partial charge in [0.15, 0.2) is 0 Å². The van der Waals surface area contributed by atoms with Crippen LogP contribution >= 0.6 is 0 Å². The van der Waals surface area contributed by atoms with Gasteiger partial charge < -0.3 is 4.74 Å². The Morgan fingerprint density at radius 3 is 2.80 bits per heavy atom. The maximum Gasteiger partial charge on any atom is 0.257 e. The molecule has 0 aromatic rings. The Morgan fingerprint density at radius 1 is 1.53 bits per heavy atom. The van der Waals surface area contributed by atoms with E-state index < -0.39 is 5.54 Å². The van der Waals surface area contributed by atoms with Crippen LogP contribution in [-0.4, -0.2) is 42.3 Å². The van der Waals surface area contributed by atoms with Crippen molar-refractivity contribution in [2.24, 2.45) is 0 Å². The summed E-state index contributed by atoms with van der Waals surface area (Å²) in [7, 11) is 1.86. The monoisotopic (exact) mass is 216 g/mol. The summed E-state index contributed by atoms with van der Waals surface area (Å²) in [5.41, 5.74) is -0.873. The van der Waals surface area contributed by atoms with Gasteiger partial charge in [-0.05, 0) is 13.5 Å². The largest absolute Gasteiger partial charge is 0.359 e. The Kier molecular flexibility index (Phi) is 4.47. The second-order valence-electron chi connectivity index (χ2n) is 4.43. The zero-order chi connectivity index (χ0) is 11.3. The van der Waals surface area contributed by atoms with Crippen LogP contribution in [0.25, 0.3) is 0 Å². The summed E-state index contributed by atoms with van der Waals surface area (Å²) < 4.78 is 5.27. The fourth-order valence-corrected chi connectivity index (χ4v) is 2.04. The van der Waals surface area contributed by atoms with Gasteiger partial charge in [0.2, 0.25) is 0 Å². The number of hydrogen-bond acceptors (Lipinski definition) is 4. The third kappa shape index (κ3) is 3.14. The maximum absolute atomic E-state index is 11.1. The van der Waals surface area contributed by atoms with E-state index in [1.54, 1.807) is 0 Å². The molecular weight excluding hydrogens is 196 g/mol. The normalized spacial score (nSPS) is 27.9. The highest BCUT2D eigenvalue weighted by Crippen LogP contribution is 2.24. The number of hydrogen-bond donors (Lipinski definition) is 0. The second kappa shape index (κ2) is 5.42. The number of likely N-dealkylation sites (N-methyl/N-ethyl adjacent to an activating group) is 1. The molecule has 1 atom stereocenters. The lowest BCUT2D eigenvalue weighted by molar-refractivity contribution is -0.582. The molecule has 0 saturated carbocycles. The number of nitro groups is 1. The van der Waals surface area contributed by atoms with Gasteiger partial charge in [-0.2, -0.15) is 0 Å². The predicted molar refractivity (Wildman–Crippen MR) is 57.3 cm³/mol. The van der Waals surface area contributed by atoms with Crippen LogP contribution in [0.5, 0.6) is 0 Å². The first kappa shape index (κ1) is 12.4. The van der Waals surface area contributed by atoms with Crippen LogP contribution in [-0.2, 0) is 4.74 Å². The maximum atomic E-state index is 11.1. The van der Waals surface area contributed by atoms with Gasteiger partial charge in [-0.1, -0.05) is 19.8 Å². The van der Waals surface area contributed by atoms with E-state index in [-0.39, 0.29) is 11.5 Å². The SMILES string of the molecule is CCCCCC1([N+](=O)[O-])COCN(C)C1. The van der Waals surface area contributed by atoms with Crippen molar-refractivity contribution in [1.29, 1.82) is 0 Å². The van der Waals surface area contributed by atoms with Crippen molar-refractivity contribution < 1.29 is 9.66 Å². The molecule has 0 spiro atoms. The summed E-state index contributed by atoms with van der Waals surface area (Å²) >= 11 is 0. The van der Waals surface area contributed by atoms with Gasteiger partial charge in [0, 0.05) is 11.3 Å². The van der Waals surface area contributed by atoms with Crippen molar-refractivity contribution in [3.05, 3.63) is 10.1 Å². The smallest absolute Gasteiger partial charge is 0.257 e. The average Bonchev–Trinajstić information content (AvgIpc) is 2.18. The predicted octanol–water partition coefficient (Wildman–Crippen LogP) is 1.50. The van der Waals surface area contributed by atoms with Crippen molar-refractivity contribution in [3.8, 4) is 0 Å². The number of rotatable bonds is 5. The van der Waals surface area contributed by atoms with Gasteiger partial charge in [0.25, 0.3) is 5.54 Å². The van der Waals surface area contributed by atoms with E-state index >= 15 is 0 Å². The zero-order valence-corrected chi connectivity index (χ0v) is 9.57. The second-order valence-corrected chi connectivity index (χ2v) is 4.43. The Balaban J connectivity index is 2.57. The van der Waals surface area contributed by atoms with Gasteiger partial charge in [-0.25, -0.2) is 0 Å². The van der Waals surface area contributed by atoms with Crippen LogP contribution in [0.3, 0.4) is 0 Å². The van der Waals surface area contributed by atoms with Crippen LogP contribution < -0.4 is 0 Å². The van der Waals surface area contributed by atoms with Crippen molar-refractivity contribution in [2.75, 3.05) is 26.9 Å². The topological polar surface area (TPSA) is 55.6 Å². The van der Waals surface area contributed by atoms with E-state index in [0.717, 1.165) is 19.3 Å². The van der Waals surface area contributed by atoms with Crippen LogP contribution in [0, 0.1) is 10.1 Å². The van der Waals surface area contributed by atoms with Crippen LogP contribution in [0.15, 0.2) is 0 Å². The summed E-state index contributed by atoms with van der Waals surface area (Å²) in [4.78, 5) is 12.8. The molecule has 1 aliphatic rings. The molecule has 1 fully saturated rings. The standard InChI is InChI=1S/C10H20N2O3/c1-3-4-5-6-10(12(13)14)7-11(2)9-15-8-10/h3-9H2,1-2H3. The van der Waals surface area contributed by atoms with Gasteiger partial charge in [-0.15, -0.1) is 0 Å². The summed E-state index contributed by atoms with van der Waals surface area (Å²) in [5, 5.41) is 11.1. The number of ether oxygens (including phenoxy) is 1. The summed E-state index contributed by atoms with van der Waals surface area (Å²) in [6.07, 6.45) is 3.68. The van der Waals surface area contributed by atoms with E-state index in [2.05, 4.69) is 6.92 Å². The molecule has 1 aliphatic heterocycles. The Labute approximate surface area is 90.5 Å². The quantitative estimate of drug-likeness (QED) is 0.397. The minimum atomic E-state index is -0.873. The van der Waals surface area contributed by atoms with Gasteiger partial charge in [0.05, 0.1) is 13.3 Å². The molecule has 0 aliphatic carbocycles. The van der Waals surface area contributed by atoms with Crippen molar-refractivity contribution in [1.82, 2.24) is 4.90 Å². The first-order valence-electron chi connectivity index (χ1n) is 5.51. The minimum absolute atomic E-state index is 0.154.